The van der Waals surface area contributed by atoms with Crippen LogP contribution in [0.15, 0.2) is 63.6 Å². The topological polar surface area (TPSA) is 70.3 Å². The summed E-state index contributed by atoms with van der Waals surface area (Å²) in [6.45, 7) is 0. The Bertz CT molecular complexity index is 1060. The minimum absolute atomic E-state index is 0.517. The van der Waals surface area contributed by atoms with E-state index >= 15 is 0 Å². The van der Waals surface area contributed by atoms with Crippen LogP contribution in [0.25, 0.3) is 22.0 Å². The van der Waals surface area contributed by atoms with Crippen molar-refractivity contribution < 1.29 is 13.9 Å². The van der Waals surface area contributed by atoms with E-state index in [0.717, 1.165) is 21.8 Å². The molecule has 0 unspecified atom stereocenters. The number of thioether (sulfide) groups is 1. The number of rotatable bonds is 7. The quantitative estimate of drug-likeness (QED) is 0.389. The molecule has 0 fully saturated rings. The van der Waals surface area contributed by atoms with Crippen LogP contribution in [0.3, 0.4) is 0 Å². The number of benzene rings is 2. The molecular formula is C20H17N3O3S2. The molecule has 0 amide bonds. The lowest BCUT2D eigenvalue weighted by Gasteiger charge is -2.10. The summed E-state index contributed by atoms with van der Waals surface area (Å²) >= 11 is 3.03. The molecule has 4 rings (SSSR count). The average molecular weight is 412 g/mol. The normalized spacial score (nSPS) is 10.8. The first kappa shape index (κ1) is 18.5. The van der Waals surface area contributed by atoms with Gasteiger partial charge in [0.25, 0.3) is 5.22 Å². The van der Waals surface area contributed by atoms with Gasteiger partial charge >= 0.3 is 0 Å². The SMILES string of the molecule is COc1cccc(-c2nc(CSc3nnc(-c4ccccc4)o3)cs2)c1OC. The highest BCUT2D eigenvalue weighted by Crippen LogP contribution is 2.39. The van der Waals surface area contributed by atoms with Crippen molar-refractivity contribution in [2.75, 3.05) is 14.2 Å². The Balaban J connectivity index is 1.47. The summed E-state index contributed by atoms with van der Waals surface area (Å²) < 4.78 is 16.6. The van der Waals surface area contributed by atoms with Gasteiger partial charge in [-0.15, -0.1) is 21.5 Å². The number of hydrogen-bond donors (Lipinski definition) is 0. The van der Waals surface area contributed by atoms with Gasteiger partial charge in [0.1, 0.15) is 5.01 Å². The Morgan fingerprint density at radius 2 is 1.86 bits per heavy atom. The van der Waals surface area contributed by atoms with Gasteiger partial charge in [-0.3, -0.25) is 0 Å². The van der Waals surface area contributed by atoms with Gasteiger partial charge < -0.3 is 13.9 Å². The summed E-state index contributed by atoms with van der Waals surface area (Å²) in [5.74, 6) is 2.52. The van der Waals surface area contributed by atoms with Gasteiger partial charge in [0.2, 0.25) is 5.89 Å². The van der Waals surface area contributed by atoms with Crippen molar-refractivity contribution in [1.82, 2.24) is 15.2 Å². The monoisotopic (exact) mass is 411 g/mol. The van der Waals surface area contributed by atoms with Crippen LogP contribution >= 0.6 is 23.1 Å². The minimum Gasteiger partial charge on any atom is -0.493 e. The highest BCUT2D eigenvalue weighted by atomic mass is 32.2. The molecule has 0 radical (unpaired) electrons. The van der Waals surface area contributed by atoms with Crippen molar-refractivity contribution in [3.63, 3.8) is 0 Å². The molecule has 2 aromatic heterocycles. The average Bonchev–Trinajstić information content (AvgIpc) is 3.42. The molecule has 0 N–H and O–H groups in total. The fourth-order valence-electron chi connectivity index (χ4n) is 2.65. The Labute approximate surface area is 170 Å². The molecule has 28 heavy (non-hydrogen) atoms. The molecule has 0 spiro atoms. The third-order valence-corrected chi connectivity index (χ3v) is 5.73. The van der Waals surface area contributed by atoms with E-state index in [2.05, 4.69) is 10.2 Å². The molecule has 142 valence electrons. The lowest BCUT2D eigenvalue weighted by Crippen LogP contribution is -1.93. The van der Waals surface area contributed by atoms with Crippen molar-refractivity contribution >= 4 is 23.1 Å². The lowest BCUT2D eigenvalue weighted by molar-refractivity contribution is 0.356. The fourth-order valence-corrected chi connectivity index (χ4v) is 4.26. The number of ether oxygens (including phenoxy) is 2. The fraction of sp³-hybridized carbons (Fsp3) is 0.150. The summed E-state index contributed by atoms with van der Waals surface area (Å²) in [5.41, 5.74) is 2.75. The predicted molar refractivity (Wildman–Crippen MR) is 110 cm³/mol. The van der Waals surface area contributed by atoms with Crippen LogP contribution in [-0.4, -0.2) is 29.4 Å². The van der Waals surface area contributed by atoms with Crippen molar-refractivity contribution in [3.8, 4) is 33.5 Å². The molecule has 0 saturated carbocycles. The van der Waals surface area contributed by atoms with E-state index in [1.165, 1.54) is 11.8 Å². The molecule has 0 bridgehead atoms. The van der Waals surface area contributed by atoms with E-state index in [-0.39, 0.29) is 0 Å². The molecule has 0 saturated heterocycles. The lowest BCUT2D eigenvalue weighted by atomic mass is 10.2. The van der Waals surface area contributed by atoms with Crippen LogP contribution in [0, 0.1) is 0 Å². The Hall–Kier alpha value is -2.84. The van der Waals surface area contributed by atoms with Gasteiger partial charge in [-0.25, -0.2) is 4.98 Å². The number of aromatic nitrogens is 3. The molecule has 0 aliphatic heterocycles. The summed E-state index contributed by atoms with van der Waals surface area (Å²) in [6.07, 6.45) is 0. The molecule has 0 atom stereocenters. The van der Waals surface area contributed by atoms with Gasteiger partial charge in [0.05, 0.1) is 25.5 Å². The highest BCUT2D eigenvalue weighted by molar-refractivity contribution is 7.98. The smallest absolute Gasteiger partial charge is 0.277 e. The van der Waals surface area contributed by atoms with Crippen LogP contribution in [0.4, 0.5) is 0 Å². The summed E-state index contributed by atoms with van der Waals surface area (Å²) in [5, 5.41) is 11.6. The van der Waals surface area contributed by atoms with E-state index in [1.807, 2.05) is 53.9 Å². The maximum atomic E-state index is 5.73. The first-order valence-electron chi connectivity index (χ1n) is 8.46. The van der Waals surface area contributed by atoms with Gasteiger partial charge in [-0.2, -0.15) is 0 Å². The first-order chi connectivity index (χ1) is 13.8. The first-order valence-corrected chi connectivity index (χ1v) is 10.3. The van der Waals surface area contributed by atoms with E-state index in [9.17, 15) is 0 Å². The highest BCUT2D eigenvalue weighted by Gasteiger charge is 2.15. The van der Waals surface area contributed by atoms with Crippen LogP contribution in [0.2, 0.25) is 0 Å². The molecule has 4 aromatic rings. The number of hydrogen-bond acceptors (Lipinski definition) is 8. The van der Waals surface area contributed by atoms with Crippen LogP contribution < -0.4 is 9.47 Å². The molecule has 0 aliphatic carbocycles. The second-order valence-corrected chi connectivity index (χ2v) is 7.50. The molecule has 6 nitrogen and oxygen atoms in total. The van der Waals surface area contributed by atoms with Crippen LogP contribution in [0.5, 0.6) is 11.5 Å². The Morgan fingerprint density at radius 3 is 2.64 bits per heavy atom. The predicted octanol–water partition coefficient (Wildman–Crippen LogP) is 5.17. The second kappa shape index (κ2) is 8.45. The third kappa shape index (κ3) is 3.88. The van der Waals surface area contributed by atoms with Crippen molar-refractivity contribution in [2.45, 2.75) is 11.0 Å². The third-order valence-electron chi connectivity index (χ3n) is 3.96. The zero-order chi connectivity index (χ0) is 19.3. The molecule has 0 aliphatic rings. The van der Waals surface area contributed by atoms with Crippen molar-refractivity contribution in [2.24, 2.45) is 0 Å². The number of thiazole rings is 1. The van der Waals surface area contributed by atoms with Crippen LogP contribution in [-0.2, 0) is 5.75 Å². The molecule has 8 heteroatoms. The van der Waals surface area contributed by atoms with Gasteiger partial charge in [0, 0.05) is 16.7 Å². The number of methoxy groups -OCH3 is 2. The molecule has 2 aromatic carbocycles. The van der Waals surface area contributed by atoms with Gasteiger partial charge in [-0.05, 0) is 24.3 Å². The second-order valence-electron chi connectivity index (χ2n) is 5.71. The van der Waals surface area contributed by atoms with Crippen LogP contribution in [0.1, 0.15) is 5.69 Å². The van der Waals surface area contributed by atoms with Crippen molar-refractivity contribution in [1.29, 1.82) is 0 Å². The van der Waals surface area contributed by atoms with E-state index < -0.39 is 0 Å². The van der Waals surface area contributed by atoms with Crippen molar-refractivity contribution in [3.05, 3.63) is 59.6 Å². The van der Waals surface area contributed by atoms with Gasteiger partial charge in [-0.1, -0.05) is 36.0 Å². The zero-order valence-electron chi connectivity index (χ0n) is 15.3. The number of nitrogens with zero attached hydrogens (tertiary/aromatic N) is 3. The minimum atomic E-state index is 0.517. The Kier molecular flexibility index (Phi) is 5.59. The maximum absolute atomic E-state index is 5.73. The van der Waals surface area contributed by atoms with Gasteiger partial charge in [0.15, 0.2) is 11.5 Å². The molecule has 2 heterocycles. The number of para-hydroxylation sites is 1. The summed E-state index contributed by atoms with van der Waals surface area (Å²) in [6, 6.07) is 15.5. The summed E-state index contributed by atoms with van der Waals surface area (Å²) in [7, 11) is 3.26. The zero-order valence-corrected chi connectivity index (χ0v) is 16.9. The van der Waals surface area contributed by atoms with E-state index in [4.69, 9.17) is 18.9 Å². The maximum Gasteiger partial charge on any atom is 0.277 e. The standard InChI is InChI=1S/C20H17N3O3S2/c1-24-16-10-6-9-15(17(16)25-2)19-21-14(11-27-19)12-28-20-23-22-18(26-20)13-7-4-3-5-8-13/h3-11H,12H2,1-2H3. The Morgan fingerprint density at radius 1 is 1.00 bits per heavy atom. The molecular weight excluding hydrogens is 394 g/mol. The largest absolute Gasteiger partial charge is 0.493 e. The van der Waals surface area contributed by atoms with E-state index in [1.54, 1.807) is 25.6 Å². The summed E-state index contributed by atoms with van der Waals surface area (Å²) in [4.78, 5) is 4.72. The van der Waals surface area contributed by atoms with E-state index in [0.29, 0.717) is 28.4 Å².